The Morgan fingerprint density at radius 3 is 2.43 bits per heavy atom. The van der Waals surface area contributed by atoms with Crippen LogP contribution in [0.5, 0.6) is 11.5 Å². The van der Waals surface area contributed by atoms with Crippen LogP contribution in [0, 0.1) is 0 Å². The topological polar surface area (TPSA) is 56.8 Å². The molecule has 1 atom stereocenters. The molecule has 4 rings (SSSR count). The maximum atomic E-state index is 11.3. The van der Waals surface area contributed by atoms with Gasteiger partial charge in [-0.25, -0.2) is 0 Å². The van der Waals surface area contributed by atoms with Crippen LogP contribution < -0.4 is 14.8 Å². The van der Waals surface area contributed by atoms with Gasteiger partial charge in [-0.15, -0.1) is 0 Å². The summed E-state index contributed by atoms with van der Waals surface area (Å²) in [6.45, 7) is 0.573. The summed E-state index contributed by atoms with van der Waals surface area (Å²) in [5, 5.41) is 2.84. The molecule has 1 N–H and O–H groups in total. The molecule has 2 aromatic rings. The largest absolute Gasteiger partial charge is 0.493 e. The highest BCUT2D eigenvalue weighted by Crippen LogP contribution is 2.37. The average molecular weight is 381 g/mol. The summed E-state index contributed by atoms with van der Waals surface area (Å²) in [6, 6.07) is 16.6. The number of benzene rings is 2. The Morgan fingerprint density at radius 2 is 1.75 bits per heavy atom. The quantitative estimate of drug-likeness (QED) is 0.851. The Balaban J connectivity index is 1.41. The van der Waals surface area contributed by atoms with Crippen LogP contribution in [0.1, 0.15) is 48.8 Å². The van der Waals surface area contributed by atoms with E-state index in [1.54, 1.807) is 7.11 Å². The molecule has 1 aliphatic carbocycles. The Bertz CT molecular complexity index is 790. The maximum absolute atomic E-state index is 11.3. The van der Waals surface area contributed by atoms with Crippen molar-refractivity contribution in [2.75, 3.05) is 20.3 Å². The maximum Gasteiger partial charge on any atom is 0.246 e. The number of hydrogen-bond donors (Lipinski definition) is 1. The molecule has 28 heavy (non-hydrogen) atoms. The van der Waals surface area contributed by atoms with Gasteiger partial charge in [0.15, 0.2) is 11.5 Å². The van der Waals surface area contributed by atoms with Crippen LogP contribution in [0.15, 0.2) is 48.5 Å². The van der Waals surface area contributed by atoms with E-state index in [9.17, 15) is 4.79 Å². The second kappa shape index (κ2) is 8.65. The molecule has 0 aromatic heterocycles. The van der Waals surface area contributed by atoms with Crippen molar-refractivity contribution in [3.8, 4) is 11.5 Å². The summed E-state index contributed by atoms with van der Waals surface area (Å²) in [7, 11) is 1.66. The van der Waals surface area contributed by atoms with E-state index in [4.69, 9.17) is 14.2 Å². The van der Waals surface area contributed by atoms with Crippen molar-refractivity contribution >= 4 is 5.91 Å². The fourth-order valence-electron chi connectivity index (χ4n) is 4.11. The Morgan fingerprint density at radius 1 is 0.964 bits per heavy atom. The fraction of sp³-hybridized carbons (Fsp3) is 0.435. The highest BCUT2D eigenvalue weighted by Gasteiger charge is 2.26. The second-order valence-corrected chi connectivity index (χ2v) is 7.52. The number of carbonyl (C=O) groups excluding carboxylic acids is 1. The summed E-state index contributed by atoms with van der Waals surface area (Å²) in [5.74, 6) is 2.03. The molecule has 1 saturated carbocycles. The minimum Gasteiger partial charge on any atom is -0.493 e. The van der Waals surface area contributed by atoms with Crippen molar-refractivity contribution < 1.29 is 19.0 Å². The van der Waals surface area contributed by atoms with Gasteiger partial charge in [0.05, 0.1) is 13.2 Å². The number of nitrogens with one attached hydrogen (secondary N) is 1. The van der Waals surface area contributed by atoms with Crippen LogP contribution in [0.25, 0.3) is 0 Å². The molecule has 5 heteroatoms. The van der Waals surface area contributed by atoms with Crippen LogP contribution >= 0.6 is 0 Å². The predicted molar refractivity (Wildman–Crippen MR) is 107 cm³/mol. The number of carbonyl (C=O) groups is 1. The van der Waals surface area contributed by atoms with Gasteiger partial charge >= 0.3 is 0 Å². The predicted octanol–water partition coefficient (Wildman–Crippen LogP) is 3.99. The van der Waals surface area contributed by atoms with E-state index in [2.05, 4.69) is 35.6 Å². The zero-order chi connectivity index (χ0) is 19.3. The normalized spacial score (nSPS) is 25.0. The van der Waals surface area contributed by atoms with Crippen LogP contribution in [0.3, 0.4) is 0 Å². The first-order chi connectivity index (χ1) is 13.7. The second-order valence-electron chi connectivity index (χ2n) is 7.52. The molecule has 0 bridgehead atoms. The van der Waals surface area contributed by atoms with Crippen molar-refractivity contribution in [1.29, 1.82) is 0 Å². The monoisotopic (exact) mass is 381 g/mol. The van der Waals surface area contributed by atoms with E-state index in [-0.39, 0.29) is 24.7 Å². The zero-order valence-electron chi connectivity index (χ0n) is 16.2. The lowest BCUT2D eigenvalue weighted by molar-refractivity contribution is -0.133. The fourth-order valence-corrected chi connectivity index (χ4v) is 4.11. The number of ether oxygens (including phenoxy) is 3. The molecular formula is C23H27NO4. The summed E-state index contributed by atoms with van der Waals surface area (Å²) in [6.07, 6.45) is 4.37. The van der Waals surface area contributed by atoms with Crippen molar-refractivity contribution in [1.82, 2.24) is 5.32 Å². The van der Waals surface area contributed by atoms with Gasteiger partial charge < -0.3 is 19.5 Å². The number of methoxy groups -OCH3 is 1. The third-order valence-corrected chi connectivity index (χ3v) is 5.70. The number of amides is 1. The van der Waals surface area contributed by atoms with Gasteiger partial charge in [0.2, 0.25) is 5.91 Å². The third kappa shape index (κ3) is 4.30. The van der Waals surface area contributed by atoms with E-state index in [1.807, 2.05) is 18.2 Å². The molecule has 1 heterocycles. The molecule has 2 aromatic carbocycles. The van der Waals surface area contributed by atoms with E-state index in [0.29, 0.717) is 12.5 Å². The highest BCUT2D eigenvalue weighted by atomic mass is 16.5. The van der Waals surface area contributed by atoms with Gasteiger partial charge in [-0.1, -0.05) is 36.4 Å². The zero-order valence-corrected chi connectivity index (χ0v) is 16.2. The Kier molecular flexibility index (Phi) is 5.81. The van der Waals surface area contributed by atoms with E-state index < -0.39 is 0 Å². The Labute approximate surface area is 166 Å². The molecule has 2 fully saturated rings. The van der Waals surface area contributed by atoms with Crippen molar-refractivity contribution in [3.63, 3.8) is 0 Å². The molecule has 148 valence electrons. The minimum atomic E-state index is -0.153. The highest BCUT2D eigenvalue weighted by molar-refractivity contribution is 5.77. The minimum absolute atomic E-state index is 0.0728. The number of morpholine rings is 1. The van der Waals surface area contributed by atoms with E-state index >= 15 is 0 Å². The first-order valence-corrected chi connectivity index (χ1v) is 10.0. The molecule has 1 saturated heterocycles. The lowest BCUT2D eigenvalue weighted by atomic mass is 9.83. The van der Waals surface area contributed by atoms with E-state index in [0.717, 1.165) is 42.7 Å². The summed E-state index contributed by atoms with van der Waals surface area (Å²) < 4.78 is 17.5. The summed E-state index contributed by atoms with van der Waals surface area (Å²) in [4.78, 5) is 11.3. The smallest absolute Gasteiger partial charge is 0.246 e. The van der Waals surface area contributed by atoms with Crippen LogP contribution in [-0.4, -0.2) is 32.3 Å². The molecule has 2 aliphatic rings. The molecule has 1 amide bonds. The van der Waals surface area contributed by atoms with Gasteiger partial charge in [-0.2, -0.15) is 0 Å². The van der Waals surface area contributed by atoms with Crippen molar-refractivity contribution in [2.45, 2.75) is 43.8 Å². The van der Waals surface area contributed by atoms with Gasteiger partial charge in [0.1, 0.15) is 12.7 Å². The lowest BCUT2D eigenvalue weighted by Gasteiger charge is -2.30. The standard InChI is InChI=1S/C23H27NO4/c1-26-20-12-9-18(22-14-24-23(25)15-27-22)13-21(20)28-19-10-7-17(8-11-19)16-5-3-2-4-6-16/h2-6,9,12-13,17,19,22H,7-8,10-11,14-15H2,1H3,(H,24,25). The molecular weight excluding hydrogens is 354 g/mol. The summed E-state index contributed by atoms with van der Waals surface area (Å²) in [5.41, 5.74) is 2.42. The Hall–Kier alpha value is -2.53. The molecule has 5 nitrogen and oxygen atoms in total. The van der Waals surface area contributed by atoms with Crippen LogP contribution in [0.2, 0.25) is 0 Å². The summed E-state index contributed by atoms with van der Waals surface area (Å²) >= 11 is 0. The van der Waals surface area contributed by atoms with Gasteiger partial charge in [-0.05, 0) is 54.9 Å². The number of rotatable bonds is 5. The SMILES string of the molecule is COc1ccc(C2CNC(=O)CO2)cc1OC1CCC(c2ccccc2)CC1. The van der Waals surface area contributed by atoms with Gasteiger partial charge in [-0.3, -0.25) is 4.79 Å². The van der Waals surface area contributed by atoms with Crippen molar-refractivity contribution in [2.24, 2.45) is 0 Å². The lowest BCUT2D eigenvalue weighted by Crippen LogP contribution is -2.38. The third-order valence-electron chi connectivity index (χ3n) is 5.70. The van der Waals surface area contributed by atoms with E-state index in [1.165, 1.54) is 5.56 Å². The molecule has 1 aliphatic heterocycles. The van der Waals surface area contributed by atoms with Crippen LogP contribution in [0.4, 0.5) is 0 Å². The van der Waals surface area contributed by atoms with Gasteiger partial charge in [0, 0.05) is 6.54 Å². The van der Waals surface area contributed by atoms with Crippen LogP contribution in [-0.2, 0) is 9.53 Å². The molecule has 0 spiro atoms. The molecule has 1 unspecified atom stereocenters. The van der Waals surface area contributed by atoms with Crippen molar-refractivity contribution in [3.05, 3.63) is 59.7 Å². The first kappa shape index (κ1) is 18.8. The first-order valence-electron chi connectivity index (χ1n) is 10.0. The molecule has 0 radical (unpaired) electrons. The average Bonchev–Trinajstić information content (AvgIpc) is 2.75. The van der Waals surface area contributed by atoms with Gasteiger partial charge in [0.25, 0.3) is 0 Å². The number of hydrogen-bond acceptors (Lipinski definition) is 4.